The van der Waals surface area contributed by atoms with Crippen molar-refractivity contribution >= 4 is 27.8 Å². The molecule has 1 N–H and O–H groups in total. The lowest BCUT2D eigenvalue weighted by atomic mass is 10.1. The first-order chi connectivity index (χ1) is 8.49. The lowest BCUT2D eigenvalue weighted by Crippen LogP contribution is -2.33. The number of benzene rings is 1. The van der Waals surface area contributed by atoms with E-state index in [2.05, 4.69) is 26.0 Å². The van der Waals surface area contributed by atoms with Crippen LogP contribution >= 0.6 is 15.9 Å². The fraction of sp³-hybridized carbons (Fsp3) is 0.333. The maximum atomic E-state index is 11.7. The smallest absolute Gasteiger partial charge is 0.333 e. The lowest BCUT2D eigenvalue weighted by molar-refractivity contribution is -0.145. The predicted molar refractivity (Wildman–Crippen MR) is 69.3 cm³/mol. The van der Waals surface area contributed by atoms with Gasteiger partial charge in [0, 0.05) is 17.0 Å². The molecule has 0 saturated carbocycles. The second kappa shape index (κ2) is 6.39. The summed E-state index contributed by atoms with van der Waals surface area (Å²) >= 11 is 3.31. The second-order valence-corrected chi connectivity index (χ2v) is 4.46. The summed E-state index contributed by atoms with van der Waals surface area (Å²) in [7, 11) is 2.76. The number of hydrogen-bond donors (Lipinski definition) is 1. The lowest BCUT2D eigenvalue weighted by Gasteiger charge is -2.18. The zero-order chi connectivity index (χ0) is 13.7. The van der Waals surface area contributed by atoms with Crippen LogP contribution in [0.5, 0.6) is 5.75 Å². The highest BCUT2D eigenvalue weighted by atomic mass is 79.9. The van der Waals surface area contributed by atoms with Crippen LogP contribution in [0.2, 0.25) is 0 Å². The number of esters is 1. The molecule has 0 heterocycles. The Morgan fingerprint density at radius 2 is 2.00 bits per heavy atom. The first-order valence-electron chi connectivity index (χ1n) is 5.18. The summed E-state index contributed by atoms with van der Waals surface area (Å²) in [5.41, 5.74) is 0.536. The number of carbonyl (C=O) groups excluding carboxylic acids is 2. The quantitative estimate of drug-likeness (QED) is 0.861. The van der Waals surface area contributed by atoms with Crippen LogP contribution in [-0.4, -0.2) is 26.1 Å². The molecule has 1 aromatic carbocycles. The number of halogens is 1. The molecular formula is C12H14BrNO4. The van der Waals surface area contributed by atoms with E-state index in [0.29, 0.717) is 11.3 Å². The topological polar surface area (TPSA) is 64.6 Å². The van der Waals surface area contributed by atoms with Crippen molar-refractivity contribution in [2.24, 2.45) is 0 Å². The maximum absolute atomic E-state index is 11.7. The van der Waals surface area contributed by atoms with Crippen LogP contribution < -0.4 is 10.1 Å². The van der Waals surface area contributed by atoms with Gasteiger partial charge in [0.05, 0.1) is 14.2 Å². The molecule has 0 aliphatic carbocycles. The highest BCUT2D eigenvalue weighted by Crippen LogP contribution is 2.29. The first-order valence-corrected chi connectivity index (χ1v) is 5.97. The Kier molecular flexibility index (Phi) is 5.15. The minimum Gasteiger partial charge on any atom is -0.496 e. The Hall–Kier alpha value is -1.56. The molecule has 18 heavy (non-hydrogen) atoms. The van der Waals surface area contributed by atoms with Crippen molar-refractivity contribution in [2.75, 3.05) is 14.2 Å². The van der Waals surface area contributed by atoms with Crippen LogP contribution in [-0.2, 0) is 14.3 Å². The molecule has 0 bridgehead atoms. The number of methoxy groups -OCH3 is 2. The second-order valence-electron chi connectivity index (χ2n) is 3.54. The zero-order valence-corrected chi connectivity index (χ0v) is 11.9. The molecule has 98 valence electrons. The van der Waals surface area contributed by atoms with Crippen LogP contribution in [0.3, 0.4) is 0 Å². The van der Waals surface area contributed by atoms with Gasteiger partial charge in [-0.15, -0.1) is 0 Å². The molecule has 0 aliphatic rings. The van der Waals surface area contributed by atoms with E-state index in [1.165, 1.54) is 21.1 Å². The fourth-order valence-electron chi connectivity index (χ4n) is 1.52. The molecule has 1 amide bonds. The van der Waals surface area contributed by atoms with Gasteiger partial charge in [-0.3, -0.25) is 4.79 Å². The van der Waals surface area contributed by atoms with Crippen molar-refractivity contribution in [1.82, 2.24) is 5.32 Å². The summed E-state index contributed by atoms with van der Waals surface area (Å²) in [6.07, 6.45) is 0. The fourth-order valence-corrected chi connectivity index (χ4v) is 1.89. The third kappa shape index (κ3) is 3.46. The molecule has 0 spiro atoms. The molecule has 0 saturated heterocycles. The Morgan fingerprint density at radius 1 is 1.33 bits per heavy atom. The molecule has 1 rings (SSSR count). The standard InChI is InChI=1S/C12H14BrNO4/c1-7(15)14-11(12(16)18-3)9-6-8(13)4-5-10(9)17-2/h4-6,11H,1-3H3,(H,14,15). The highest BCUT2D eigenvalue weighted by Gasteiger charge is 2.25. The molecule has 1 atom stereocenters. The molecule has 5 nitrogen and oxygen atoms in total. The number of rotatable bonds is 4. The van der Waals surface area contributed by atoms with E-state index in [9.17, 15) is 9.59 Å². The summed E-state index contributed by atoms with van der Waals surface area (Å²) in [5.74, 6) is -0.378. The monoisotopic (exact) mass is 315 g/mol. The average Bonchev–Trinajstić information content (AvgIpc) is 2.34. The summed E-state index contributed by atoms with van der Waals surface area (Å²) < 4.78 is 10.6. The van der Waals surface area contributed by atoms with Crippen molar-refractivity contribution in [3.8, 4) is 5.75 Å². The van der Waals surface area contributed by atoms with E-state index in [-0.39, 0.29) is 5.91 Å². The van der Waals surface area contributed by atoms with Crippen molar-refractivity contribution < 1.29 is 19.1 Å². The molecule has 1 aromatic rings. The molecule has 0 aromatic heterocycles. The van der Waals surface area contributed by atoms with E-state index in [4.69, 9.17) is 4.74 Å². The predicted octanol–water partition coefficient (Wildman–Crippen LogP) is 1.81. The Morgan fingerprint density at radius 3 is 2.50 bits per heavy atom. The van der Waals surface area contributed by atoms with E-state index < -0.39 is 12.0 Å². The average molecular weight is 316 g/mol. The summed E-state index contributed by atoms with van der Waals surface area (Å²) in [6, 6.07) is 4.30. The van der Waals surface area contributed by atoms with Crippen molar-refractivity contribution in [3.05, 3.63) is 28.2 Å². The first kappa shape index (κ1) is 14.5. The van der Waals surface area contributed by atoms with Crippen LogP contribution in [0.25, 0.3) is 0 Å². The normalized spacial score (nSPS) is 11.6. The van der Waals surface area contributed by atoms with Crippen LogP contribution in [0.15, 0.2) is 22.7 Å². The van der Waals surface area contributed by atoms with Crippen LogP contribution in [0.4, 0.5) is 0 Å². The number of carbonyl (C=O) groups is 2. The van der Waals surface area contributed by atoms with E-state index in [0.717, 1.165) is 4.47 Å². The highest BCUT2D eigenvalue weighted by molar-refractivity contribution is 9.10. The Bertz CT molecular complexity index is 461. The van der Waals surface area contributed by atoms with Gasteiger partial charge in [-0.2, -0.15) is 0 Å². The number of amides is 1. The largest absolute Gasteiger partial charge is 0.496 e. The zero-order valence-electron chi connectivity index (χ0n) is 10.3. The van der Waals surface area contributed by atoms with Gasteiger partial charge in [0.25, 0.3) is 0 Å². The summed E-state index contributed by atoms with van der Waals surface area (Å²) in [6.45, 7) is 1.33. The number of ether oxygens (including phenoxy) is 2. The SMILES string of the molecule is COC(=O)C(NC(C)=O)c1cc(Br)ccc1OC. The van der Waals surface area contributed by atoms with Gasteiger partial charge in [-0.25, -0.2) is 4.79 Å². The third-order valence-electron chi connectivity index (χ3n) is 2.29. The van der Waals surface area contributed by atoms with E-state index in [1.807, 2.05) is 0 Å². The number of nitrogens with one attached hydrogen (secondary N) is 1. The Labute approximate surface area is 114 Å². The summed E-state index contributed by atoms with van der Waals surface area (Å²) in [5, 5.41) is 2.53. The van der Waals surface area contributed by atoms with Gasteiger partial charge < -0.3 is 14.8 Å². The van der Waals surface area contributed by atoms with Crippen LogP contribution in [0, 0.1) is 0 Å². The van der Waals surface area contributed by atoms with Crippen LogP contribution in [0.1, 0.15) is 18.5 Å². The van der Waals surface area contributed by atoms with Gasteiger partial charge in [-0.05, 0) is 18.2 Å². The summed E-state index contributed by atoms with van der Waals surface area (Å²) in [4.78, 5) is 22.9. The van der Waals surface area contributed by atoms with Gasteiger partial charge in [0.1, 0.15) is 5.75 Å². The minimum absolute atomic E-state index is 0.326. The van der Waals surface area contributed by atoms with E-state index >= 15 is 0 Å². The third-order valence-corrected chi connectivity index (χ3v) is 2.78. The van der Waals surface area contributed by atoms with Gasteiger partial charge >= 0.3 is 5.97 Å². The van der Waals surface area contributed by atoms with Gasteiger partial charge in [0.2, 0.25) is 5.91 Å². The molecule has 0 fully saturated rings. The van der Waals surface area contributed by atoms with Crippen molar-refractivity contribution in [2.45, 2.75) is 13.0 Å². The molecule has 1 unspecified atom stereocenters. The number of hydrogen-bond acceptors (Lipinski definition) is 4. The van der Waals surface area contributed by atoms with Gasteiger partial charge in [0.15, 0.2) is 6.04 Å². The minimum atomic E-state index is -0.889. The molecular weight excluding hydrogens is 302 g/mol. The Balaban J connectivity index is 3.22. The van der Waals surface area contributed by atoms with Crippen molar-refractivity contribution in [1.29, 1.82) is 0 Å². The molecule has 6 heteroatoms. The van der Waals surface area contributed by atoms with E-state index in [1.54, 1.807) is 18.2 Å². The van der Waals surface area contributed by atoms with Crippen molar-refractivity contribution in [3.63, 3.8) is 0 Å². The molecule has 0 radical (unpaired) electrons. The van der Waals surface area contributed by atoms with Gasteiger partial charge in [-0.1, -0.05) is 15.9 Å². The molecule has 0 aliphatic heterocycles. The maximum Gasteiger partial charge on any atom is 0.333 e.